The first-order chi connectivity index (χ1) is 16.8. The molecule has 2 unspecified atom stereocenters. The Morgan fingerprint density at radius 2 is 1.97 bits per heavy atom. The first-order valence-corrected chi connectivity index (χ1v) is 12.7. The van der Waals surface area contributed by atoms with Crippen LogP contribution in [0.1, 0.15) is 69.1 Å². The Morgan fingerprint density at radius 3 is 2.57 bits per heavy atom. The highest BCUT2D eigenvalue weighted by Crippen LogP contribution is 2.36. The number of benzene rings is 2. The first-order valence-electron chi connectivity index (χ1n) is 12.3. The van der Waals surface area contributed by atoms with E-state index in [1.807, 2.05) is 63.2 Å². The number of nitrogens with one attached hydrogen (secondary N) is 1. The number of rotatable bonds is 10. The number of nitriles is 1. The van der Waals surface area contributed by atoms with E-state index in [1.165, 1.54) is 0 Å². The van der Waals surface area contributed by atoms with E-state index in [1.54, 1.807) is 11.0 Å². The fraction of sp³-hybridized carbons (Fsp3) is 0.464. The maximum Gasteiger partial charge on any atom is 0.410 e. The lowest BCUT2D eigenvalue weighted by atomic mass is 9.80. The fourth-order valence-electron chi connectivity index (χ4n) is 4.64. The monoisotopic (exact) mass is 495 g/mol. The van der Waals surface area contributed by atoms with E-state index in [-0.39, 0.29) is 17.9 Å². The predicted molar refractivity (Wildman–Crippen MR) is 137 cm³/mol. The Hall–Kier alpha value is -3.04. The van der Waals surface area contributed by atoms with Gasteiger partial charge in [-0.05, 0) is 68.0 Å². The lowest BCUT2D eigenvalue weighted by Gasteiger charge is -2.50. The molecule has 2 amide bonds. The Labute approximate surface area is 213 Å². The number of likely N-dealkylation sites (tertiary alicyclic amines) is 1. The van der Waals surface area contributed by atoms with Gasteiger partial charge in [-0.1, -0.05) is 56.1 Å². The second kappa shape index (κ2) is 12.1. The zero-order chi connectivity index (χ0) is 25.4. The van der Waals surface area contributed by atoms with Crippen LogP contribution in [0.25, 0.3) is 0 Å². The number of hydrogen-bond acceptors (Lipinski definition) is 4. The average Bonchev–Trinajstić information content (AvgIpc) is 2.83. The van der Waals surface area contributed by atoms with Crippen molar-refractivity contribution in [3.63, 3.8) is 0 Å². The highest BCUT2D eigenvalue weighted by atomic mass is 35.5. The Bertz CT molecular complexity index is 1060. The lowest BCUT2D eigenvalue weighted by molar-refractivity contribution is -0.141. The van der Waals surface area contributed by atoms with Gasteiger partial charge in [0.25, 0.3) is 0 Å². The summed E-state index contributed by atoms with van der Waals surface area (Å²) in [7, 11) is 0. The van der Waals surface area contributed by atoms with Gasteiger partial charge in [-0.2, -0.15) is 5.26 Å². The van der Waals surface area contributed by atoms with Crippen LogP contribution >= 0.6 is 11.6 Å². The molecule has 1 fully saturated rings. The summed E-state index contributed by atoms with van der Waals surface area (Å²) in [5.74, 6) is -0.240. The number of unbranched alkanes of at least 4 members (excludes halogenated alkanes) is 1. The van der Waals surface area contributed by atoms with Crippen LogP contribution in [0.5, 0.6) is 0 Å². The van der Waals surface area contributed by atoms with Crippen LogP contribution in [0.2, 0.25) is 5.02 Å². The van der Waals surface area contributed by atoms with E-state index in [0.717, 1.165) is 24.0 Å². The van der Waals surface area contributed by atoms with Crippen LogP contribution in [0.3, 0.4) is 0 Å². The van der Waals surface area contributed by atoms with Crippen molar-refractivity contribution in [3.05, 3.63) is 70.2 Å². The number of amides is 2. The normalized spacial score (nSPS) is 18.7. The quantitative estimate of drug-likeness (QED) is 0.420. The standard InChI is InChI=1S/C28H34ClN3O3/c1-4-6-16-35-27(34)32-15-14-28(32,5-2)26(33)31-20(3)25(18-21-10-12-24(29)13-11-21)23-9-7-8-22(17-23)19-30/h7-13,17,20,25H,4-6,14-16,18H2,1-3H3,(H,31,33)/t20?,25?,28-/m0/s1. The Morgan fingerprint density at radius 1 is 1.23 bits per heavy atom. The van der Waals surface area contributed by atoms with Gasteiger partial charge in [-0.3, -0.25) is 9.69 Å². The smallest absolute Gasteiger partial charge is 0.410 e. The van der Waals surface area contributed by atoms with E-state index in [4.69, 9.17) is 16.3 Å². The molecule has 2 aromatic rings. The molecule has 186 valence electrons. The zero-order valence-corrected chi connectivity index (χ0v) is 21.5. The summed E-state index contributed by atoms with van der Waals surface area (Å²) in [5, 5.41) is 13.3. The van der Waals surface area contributed by atoms with Gasteiger partial charge in [0.1, 0.15) is 5.54 Å². The van der Waals surface area contributed by atoms with Gasteiger partial charge in [0.15, 0.2) is 0 Å². The molecule has 0 saturated carbocycles. The van der Waals surface area contributed by atoms with Gasteiger partial charge in [-0.25, -0.2) is 4.79 Å². The van der Waals surface area contributed by atoms with Crippen molar-refractivity contribution in [2.24, 2.45) is 0 Å². The molecule has 1 heterocycles. The lowest BCUT2D eigenvalue weighted by Crippen LogP contribution is -2.69. The number of carbonyl (C=O) groups is 2. The topological polar surface area (TPSA) is 82.4 Å². The molecule has 0 radical (unpaired) electrons. The van der Waals surface area contributed by atoms with E-state index in [0.29, 0.717) is 43.0 Å². The van der Waals surface area contributed by atoms with E-state index in [9.17, 15) is 14.9 Å². The maximum atomic E-state index is 13.6. The summed E-state index contributed by atoms with van der Waals surface area (Å²) in [5.41, 5.74) is 1.74. The van der Waals surface area contributed by atoms with Crippen molar-refractivity contribution >= 4 is 23.6 Å². The maximum absolute atomic E-state index is 13.6. The van der Waals surface area contributed by atoms with E-state index in [2.05, 4.69) is 11.4 Å². The van der Waals surface area contributed by atoms with Crippen LogP contribution in [0.4, 0.5) is 4.79 Å². The third-order valence-electron chi connectivity index (χ3n) is 6.99. The average molecular weight is 496 g/mol. The summed E-state index contributed by atoms with van der Waals surface area (Å²) in [4.78, 5) is 27.8. The highest BCUT2D eigenvalue weighted by molar-refractivity contribution is 6.30. The second-order valence-corrected chi connectivity index (χ2v) is 9.63. The van der Waals surface area contributed by atoms with Crippen molar-refractivity contribution in [1.82, 2.24) is 10.2 Å². The van der Waals surface area contributed by atoms with Gasteiger partial charge < -0.3 is 10.1 Å². The van der Waals surface area contributed by atoms with Gasteiger partial charge in [0.05, 0.1) is 18.2 Å². The van der Waals surface area contributed by atoms with Gasteiger partial charge in [-0.15, -0.1) is 0 Å². The Kier molecular flexibility index (Phi) is 9.17. The molecule has 1 N–H and O–H groups in total. The third kappa shape index (κ3) is 6.15. The molecule has 3 atom stereocenters. The van der Waals surface area contributed by atoms with E-state index >= 15 is 0 Å². The molecular weight excluding hydrogens is 462 g/mol. The van der Waals surface area contributed by atoms with Crippen molar-refractivity contribution < 1.29 is 14.3 Å². The molecule has 0 spiro atoms. The first kappa shape index (κ1) is 26.6. The third-order valence-corrected chi connectivity index (χ3v) is 7.24. The molecule has 3 rings (SSSR count). The molecule has 7 heteroatoms. The summed E-state index contributed by atoms with van der Waals surface area (Å²) >= 11 is 6.07. The number of hydrogen-bond donors (Lipinski definition) is 1. The predicted octanol–water partition coefficient (Wildman–Crippen LogP) is 5.83. The molecule has 1 aliphatic rings. The molecule has 2 aromatic carbocycles. The number of halogens is 1. The summed E-state index contributed by atoms with van der Waals surface area (Å²) < 4.78 is 5.40. The largest absolute Gasteiger partial charge is 0.449 e. The van der Waals surface area contributed by atoms with Crippen LogP contribution in [-0.4, -0.2) is 41.6 Å². The van der Waals surface area contributed by atoms with Crippen molar-refractivity contribution in [3.8, 4) is 6.07 Å². The molecule has 6 nitrogen and oxygen atoms in total. The minimum Gasteiger partial charge on any atom is -0.449 e. The van der Waals surface area contributed by atoms with Gasteiger partial charge in [0.2, 0.25) is 5.91 Å². The fourth-order valence-corrected chi connectivity index (χ4v) is 4.77. The van der Waals surface area contributed by atoms with Crippen LogP contribution < -0.4 is 5.32 Å². The highest BCUT2D eigenvalue weighted by Gasteiger charge is 2.53. The molecule has 35 heavy (non-hydrogen) atoms. The molecule has 0 bridgehead atoms. The second-order valence-electron chi connectivity index (χ2n) is 9.19. The zero-order valence-electron chi connectivity index (χ0n) is 20.7. The number of ether oxygens (including phenoxy) is 1. The molecule has 0 aromatic heterocycles. The molecule has 1 aliphatic heterocycles. The van der Waals surface area contributed by atoms with Crippen LogP contribution in [-0.2, 0) is 16.0 Å². The van der Waals surface area contributed by atoms with Crippen molar-refractivity contribution in [2.75, 3.05) is 13.2 Å². The minimum atomic E-state index is -0.892. The van der Waals surface area contributed by atoms with E-state index < -0.39 is 11.6 Å². The Balaban J connectivity index is 1.80. The van der Waals surface area contributed by atoms with Gasteiger partial charge >= 0.3 is 6.09 Å². The molecular formula is C28H34ClN3O3. The number of carbonyl (C=O) groups excluding carboxylic acids is 2. The van der Waals surface area contributed by atoms with Crippen LogP contribution in [0, 0.1) is 11.3 Å². The molecule has 0 aliphatic carbocycles. The minimum absolute atomic E-state index is 0.0765. The summed E-state index contributed by atoms with van der Waals surface area (Å²) in [6, 6.07) is 17.1. The summed E-state index contributed by atoms with van der Waals surface area (Å²) in [6.07, 6.45) is 3.10. The van der Waals surface area contributed by atoms with Crippen molar-refractivity contribution in [1.29, 1.82) is 5.26 Å². The summed E-state index contributed by atoms with van der Waals surface area (Å²) in [6.45, 7) is 6.82. The number of nitrogens with zero attached hydrogens (tertiary/aromatic N) is 2. The SMILES string of the molecule is CCCCOC(=O)N1CC[C@@]1(CC)C(=O)NC(C)C(Cc1ccc(Cl)cc1)c1cccc(C#N)c1. The van der Waals surface area contributed by atoms with Crippen molar-refractivity contribution in [2.45, 2.75) is 70.4 Å². The molecule has 1 saturated heterocycles. The van der Waals surface area contributed by atoms with Gasteiger partial charge in [0, 0.05) is 23.5 Å². The van der Waals surface area contributed by atoms with Crippen LogP contribution in [0.15, 0.2) is 48.5 Å².